The summed E-state index contributed by atoms with van der Waals surface area (Å²) < 4.78 is 4.89. The van der Waals surface area contributed by atoms with Crippen LogP contribution >= 0.6 is 11.3 Å². The van der Waals surface area contributed by atoms with Crippen LogP contribution in [0.4, 0.5) is 0 Å². The van der Waals surface area contributed by atoms with Crippen molar-refractivity contribution in [2.45, 2.75) is 19.4 Å². The molecule has 1 aromatic carbocycles. The van der Waals surface area contributed by atoms with Gasteiger partial charge in [0.15, 0.2) is 5.78 Å². The Morgan fingerprint density at radius 2 is 1.87 bits per heavy atom. The van der Waals surface area contributed by atoms with Crippen molar-refractivity contribution in [1.29, 1.82) is 0 Å². The van der Waals surface area contributed by atoms with Gasteiger partial charge in [0, 0.05) is 5.56 Å². The van der Waals surface area contributed by atoms with Gasteiger partial charge in [0.1, 0.15) is 6.04 Å². The summed E-state index contributed by atoms with van der Waals surface area (Å²) in [5.41, 5.74) is 0.431. The number of amides is 1. The monoisotopic (exact) mass is 331 g/mol. The first-order valence-corrected chi connectivity index (χ1v) is 8.09. The number of ether oxygens (including phenoxy) is 1. The van der Waals surface area contributed by atoms with Crippen molar-refractivity contribution in [3.8, 4) is 0 Å². The molecule has 1 atom stereocenters. The second-order valence-electron chi connectivity index (χ2n) is 4.74. The van der Waals surface area contributed by atoms with E-state index in [9.17, 15) is 14.4 Å². The van der Waals surface area contributed by atoms with E-state index in [0.717, 1.165) is 0 Å². The van der Waals surface area contributed by atoms with Gasteiger partial charge in [-0.2, -0.15) is 0 Å². The normalized spacial score (nSPS) is 11.5. The minimum atomic E-state index is -0.944. The lowest BCUT2D eigenvalue weighted by Gasteiger charge is -2.16. The predicted molar refractivity (Wildman–Crippen MR) is 87.6 cm³/mol. The SMILES string of the molecule is CCOC(=O)CC(NC(=O)c1ccccc1)C(=O)c1cccs1. The number of carbonyl (C=O) groups is 3. The molecule has 1 amide bonds. The fourth-order valence-electron chi connectivity index (χ4n) is 2.02. The molecule has 1 aromatic heterocycles. The first kappa shape index (κ1) is 16.9. The van der Waals surface area contributed by atoms with Crippen LogP contribution in [0.3, 0.4) is 0 Å². The quantitative estimate of drug-likeness (QED) is 0.625. The Labute approximate surface area is 138 Å². The molecule has 1 N–H and O–H groups in total. The van der Waals surface area contributed by atoms with Crippen LogP contribution < -0.4 is 5.32 Å². The highest BCUT2D eigenvalue weighted by atomic mass is 32.1. The molecule has 1 heterocycles. The molecule has 2 rings (SSSR count). The Hall–Kier alpha value is -2.47. The van der Waals surface area contributed by atoms with Gasteiger partial charge >= 0.3 is 5.97 Å². The number of Topliss-reactive ketones (excluding diaryl/α,β-unsaturated/α-hetero) is 1. The molecule has 0 aliphatic carbocycles. The maximum Gasteiger partial charge on any atom is 0.308 e. The number of rotatable bonds is 7. The van der Waals surface area contributed by atoms with Gasteiger partial charge in [0.25, 0.3) is 5.91 Å². The molecule has 6 heteroatoms. The van der Waals surface area contributed by atoms with Gasteiger partial charge in [-0.25, -0.2) is 0 Å². The van der Waals surface area contributed by atoms with Gasteiger partial charge in [0.05, 0.1) is 17.9 Å². The van der Waals surface area contributed by atoms with Gasteiger partial charge in [-0.05, 0) is 30.5 Å². The third kappa shape index (κ3) is 4.75. The van der Waals surface area contributed by atoms with E-state index in [1.54, 1.807) is 54.8 Å². The minimum Gasteiger partial charge on any atom is -0.466 e. The first-order valence-electron chi connectivity index (χ1n) is 7.21. The lowest BCUT2D eigenvalue weighted by molar-refractivity contribution is -0.143. The van der Waals surface area contributed by atoms with Crippen LogP contribution in [0, 0.1) is 0 Å². The number of thiophene rings is 1. The van der Waals surface area contributed by atoms with Gasteiger partial charge in [-0.3, -0.25) is 14.4 Å². The van der Waals surface area contributed by atoms with E-state index >= 15 is 0 Å². The molecule has 0 bridgehead atoms. The van der Waals surface area contributed by atoms with Crippen LogP contribution in [0.5, 0.6) is 0 Å². The average molecular weight is 331 g/mol. The fraction of sp³-hybridized carbons (Fsp3) is 0.235. The smallest absolute Gasteiger partial charge is 0.308 e. The van der Waals surface area contributed by atoms with Crippen molar-refractivity contribution in [1.82, 2.24) is 5.32 Å². The van der Waals surface area contributed by atoms with Crippen molar-refractivity contribution in [3.05, 3.63) is 58.3 Å². The van der Waals surface area contributed by atoms with Crippen LogP contribution in [-0.4, -0.2) is 30.3 Å². The standard InChI is InChI=1S/C17H17NO4S/c1-2-22-15(19)11-13(16(20)14-9-6-10-23-14)18-17(21)12-7-4-3-5-8-12/h3-10,13H,2,11H2,1H3,(H,18,21). The van der Waals surface area contributed by atoms with Gasteiger partial charge in [-0.15, -0.1) is 11.3 Å². The summed E-state index contributed by atoms with van der Waals surface area (Å²) in [7, 11) is 0. The maximum atomic E-state index is 12.5. The van der Waals surface area contributed by atoms with E-state index in [-0.39, 0.29) is 18.8 Å². The maximum absolute atomic E-state index is 12.5. The molecule has 120 valence electrons. The summed E-state index contributed by atoms with van der Waals surface area (Å²) in [4.78, 5) is 37.0. The molecule has 0 saturated heterocycles. The largest absolute Gasteiger partial charge is 0.466 e. The minimum absolute atomic E-state index is 0.191. The Balaban J connectivity index is 2.14. The Kier molecular flexibility index (Phi) is 6.05. The third-order valence-corrected chi connectivity index (χ3v) is 3.98. The van der Waals surface area contributed by atoms with Crippen molar-refractivity contribution >= 4 is 29.0 Å². The summed E-state index contributed by atoms with van der Waals surface area (Å²) >= 11 is 1.27. The highest BCUT2D eigenvalue weighted by molar-refractivity contribution is 7.12. The molecule has 0 aliphatic heterocycles. The molecule has 0 radical (unpaired) electrons. The Morgan fingerprint density at radius 3 is 2.48 bits per heavy atom. The molecule has 0 saturated carbocycles. The molecule has 2 aromatic rings. The highest BCUT2D eigenvalue weighted by Crippen LogP contribution is 2.14. The van der Waals surface area contributed by atoms with Gasteiger partial charge in [-0.1, -0.05) is 24.3 Å². The molecule has 0 fully saturated rings. The van der Waals surface area contributed by atoms with Crippen LogP contribution in [0.25, 0.3) is 0 Å². The number of esters is 1. The molecular weight excluding hydrogens is 314 g/mol. The van der Waals surface area contributed by atoms with Crippen LogP contribution in [0.2, 0.25) is 0 Å². The van der Waals surface area contributed by atoms with Gasteiger partial charge < -0.3 is 10.1 Å². The van der Waals surface area contributed by atoms with Crippen molar-refractivity contribution < 1.29 is 19.1 Å². The number of hydrogen-bond donors (Lipinski definition) is 1. The van der Waals surface area contributed by atoms with Crippen molar-refractivity contribution in [3.63, 3.8) is 0 Å². The van der Waals surface area contributed by atoms with Crippen LogP contribution in [0.1, 0.15) is 33.4 Å². The predicted octanol–water partition coefficient (Wildman–Crippen LogP) is 2.68. The topological polar surface area (TPSA) is 72.5 Å². The molecular formula is C17H17NO4S. The molecule has 0 aliphatic rings. The van der Waals surface area contributed by atoms with E-state index in [1.165, 1.54) is 11.3 Å². The van der Waals surface area contributed by atoms with Crippen molar-refractivity contribution in [2.24, 2.45) is 0 Å². The molecule has 23 heavy (non-hydrogen) atoms. The lowest BCUT2D eigenvalue weighted by Crippen LogP contribution is -2.42. The highest BCUT2D eigenvalue weighted by Gasteiger charge is 2.26. The fourth-order valence-corrected chi connectivity index (χ4v) is 2.74. The van der Waals surface area contributed by atoms with Crippen molar-refractivity contribution in [2.75, 3.05) is 6.61 Å². The lowest BCUT2D eigenvalue weighted by atomic mass is 10.1. The Morgan fingerprint density at radius 1 is 1.13 bits per heavy atom. The van der Waals surface area contributed by atoms with Crippen LogP contribution in [-0.2, 0) is 9.53 Å². The number of benzene rings is 1. The second kappa shape index (κ2) is 8.24. The zero-order valence-electron chi connectivity index (χ0n) is 12.7. The summed E-state index contributed by atoms with van der Waals surface area (Å²) in [6, 6.07) is 11.0. The van der Waals surface area contributed by atoms with E-state index in [2.05, 4.69) is 5.32 Å². The molecule has 1 unspecified atom stereocenters. The number of ketones is 1. The van der Waals surface area contributed by atoms with E-state index in [1.807, 2.05) is 0 Å². The Bertz CT molecular complexity index is 667. The van der Waals surface area contributed by atoms with Gasteiger partial charge in [0.2, 0.25) is 0 Å². The van der Waals surface area contributed by atoms with E-state index in [4.69, 9.17) is 4.74 Å². The summed E-state index contributed by atoms with van der Waals surface area (Å²) in [6.07, 6.45) is -0.191. The summed E-state index contributed by atoms with van der Waals surface area (Å²) in [6.45, 7) is 1.92. The number of carbonyl (C=O) groups excluding carboxylic acids is 3. The zero-order chi connectivity index (χ0) is 16.7. The summed E-state index contributed by atoms with van der Waals surface area (Å²) in [5.74, 6) is -1.21. The average Bonchev–Trinajstić information content (AvgIpc) is 3.09. The zero-order valence-corrected chi connectivity index (χ0v) is 13.5. The molecule has 5 nitrogen and oxygen atoms in total. The van der Waals surface area contributed by atoms with Crippen LogP contribution in [0.15, 0.2) is 47.8 Å². The first-order chi connectivity index (χ1) is 11.1. The third-order valence-electron chi connectivity index (χ3n) is 3.10. The summed E-state index contributed by atoms with van der Waals surface area (Å²) in [5, 5.41) is 4.40. The number of nitrogens with one attached hydrogen (secondary N) is 1. The number of hydrogen-bond acceptors (Lipinski definition) is 5. The van der Waals surface area contributed by atoms with E-state index < -0.39 is 17.9 Å². The molecule has 0 spiro atoms. The van der Waals surface area contributed by atoms with E-state index in [0.29, 0.717) is 10.4 Å². The second-order valence-corrected chi connectivity index (χ2v) is 5.69.